The van der Waals surface area contributed by atoms with Crippen molar-refractivity contribution in [2.45, 2.75) is 255 Å². The molecule has 11 amide bonds. The third-order valence-corrected chi connectivity index (χ3v) is 19.3. The summed E-state index contributed by atoms with van der Waals surface area (Å²) in [6.45, 7) is 35.7. The van der Waals surface area contributed by atoms with Crippen molar-refractivity contribution in [1.29, 1.82) is 0 Å². The fourth-order valence-electron chi connectivity index (χ4n) is 12.7. The van der Waals surface area contributed by atoms with Crippen molar-refractivity contribution in [3.05, 3.63) is 12.2 Å². The minimum Gasteiger partial charge on any atom is -0.390 e. The minimum atomic E-state index is -1.64. The van der Waals surface area contributed by atoms with Crippen LogP contribution in [0.5, 0.6) is 0 Å². The van der Waals surface area contributed by atoms with Gasteiger partial charge in [0.1, 0.15) is 66.5 Å². The Kier molecular flexibility index (Phi) is 35.9. The molecule has 2 saturated heterocycles. The van der Waals surface area contributed by atoms with Crippen LogP contribution < -0.4 is 21.3 Å². The summed E-state index contributed by atoms with van der Waals surface area (Å²) >= 11 is 0. The molecular weight excluding hydrogens is 1240 g/mol. The zero-order valence-corrected chi connectivity index (χ0v) is 63.9. The molecule has 5 N–H and O–H groups in total. The second-order valence-electron chi connectivity index (χ2n) is 29.6. The van der Waals surface area contributed by atoms with E-state index in [4.69, 9.17) is 9.47 Å². The van der Waals surface area contributed by atoms with Gasteiger partial charge in [-0.2, -0.15) is 0 Å². The van der Waals surface area contributed by atoms with Crippen LogP contribution in [-0.4, -0.2) is 276 Å². The van der Waals surface area contributed by atoms with E-state index in [0.717, 1.165) is 9.80 Å². The number of hydrogen-bond acceptors (Lipinski definition) is 15. The van der Waals surface area contributed by atoms with Crippen molar-refractivity contribution in [3.8, 4) is 0 Å². The van der Waals surface area contributed by atoms with Crippen LogP contribution in [0.2, 0.25) is 0 Å². The summed E-state index contributed by atoms with van der Waals surface area (Å²) in [6, 6.07) is -13.9. The van der Waals surface area contributed by atoms with Crippen LogP contribution in [0.1, 0.15) is 170 Å². The van der Waals surface area contributed by atoms with E-state index in [1.165, 1.54) is 94.6 Å². The van der Waals surface area contributed by atoms with Crippen molar-refractivity contribution in [3.63, 3.8) is 0 Å². The van der Waals surface area contributed by atoms with E-state index in [2.05, 4.69) is 33.1 Å². The number of nitrogens with one attached hydrogen (secondary N) is 4. The number of carbonyl (C=O) groups excluding carboxylic acids is 11. The number of morpholine rings is 1. The van der Waals surface area contributed by atoms with E-state index in [-0.39, 0.29) is 68.8 Å². The Hall–Kier alpha value is -6.25. The molecular formula is C71H128N12O14. The smallest absolute Gasteiger partial charge is 0.246 e. The standard InChI is InChI=1S/C71H128N12O14/c1-27-29-30-45(13)60(84)59-64(88)74-52(28-2)67(91)76(20)51(19)66(90)81(25)58(46(14)38-96-34-33-83-37-48(16)97-39-47(83)15)63(87)75-56(43(9)10)70(94)77(21)53(32-31-40(3)4)62(86)72-49(17)61(85)73-50(18)65(89)78(22)54(35-41(5)6)68(92)79(23)55(36-42(7)8)69(93)80(24)57(44(11)12)71(95)82(59)26/h27,29,40-60,84H,28,30-39H2,1-26H3,(H,72,86)(H,73,85)(H,74,88)(H,75,87)/b29-27+/t45-,46-,47-,48-,49+,50-,51-,52+,53+,54+,55+,56+,57+,58+,59+,60-/m1/s1. The van der Waals surface area contributed by atoms with Gasteiger partial charge in [-0.15, -0.1) is 0 Å². The van der Waals surface area contributed by atoms with Crippen molar-refractivity contribution in [2.24, 2.45) is 41.4 Å². The summed E-state index contributed by atoms with van der Waals surface area (Å²) in [5, 5.41) is 23.4. The first-order valence-electron chi connectivity index (χ1n) is 35.3. The molecule has 2 fully saturated rings. The van der Waals surface area contributed by atoms with Crippen LogP contribution >= 0.6 is 0 Å². The highest BCUT2D eigenvalue weighted by molar-refractivity contribution is 6.00. The molecule has 2 aliphatic rings. The van der Waals surface area contributed by atoms with E-state index in [1.807, 2.05) is 54.5 Å². The van der Waals surface area contributed by atoms with Gasteiger partial charge in [0.2, 0.25) is 65.0 Å². The third-order valence-electron chi connectivity index (χ3n) is 19.3. The largest absolute Gasteiger partial charge is 0.390 e. The van der Waals surface area contributed by atoms with Crippen LogP contribution in [0.4, 0.5) is 0 Å². The Morgan fingerprint density at radius 1 is 0.536 bits per heavy atom. The molecule has 26 heteroatoms. The summed E-state index contributed by atoms with van der Waals surface area (Å²) < 4.78 is 12.1. The molecule has 0 unspecified atom stereocenters. The molecule has 97 heavy (non-hydrogen) atoms. The Morgan fingerprint density at radius 2 is 1.04 bits per heavy atom. The van der Waals surface area contributed by atoms with E-state index in [9.17, 15) is 24.3 Å². The number of hydrogen-bond donors (Lipinski definition) is 5. The molecule has 16 atom stereocenters. The summed E-state index contributed by atoms with van der Waals surface area (Å²) in [5.74, 6) is -10.4. The molecule has 0 saturated carbocycles. The van der Waals surface area contributed by atoms with Crippen molar-refractivity contribution in [1.82, 2.24) is 60.5 Å². The van der Waals surface area contributed by atoms with Crippen LogP contribution in [0.25, 0.3) is 0 Å². The number of aliphatic hydroxyl groups excluding tert-OH is 1. The zero-order chi connectivity index (χ0) is 74.5. The molecule has 0 aromatic heterocycles. The van der Waals surface area contributed by atoms with E-state index in [1.54, 1.807) is 61.5 Å². The van der Waals surface area contributed by atoms with Crippen molar-refractivity contribution in [2.75, 3.05) is 82.2 Å². The molecule has 0 radical (unpaired) electrons. The highest BCUT2D eigenvalue weighted by Crippen LogP contribution is 2.26. The maximum Gasteiger partial charge on any atom is 0.246 e. The first-order chi connectivity index (χ1) is 45.0. The number of nitrogens with zero attached hydrogens (tertiary/aromatic N) is 8. The lowest BCUT2D eigenvalue weighted by atomic mass is 9.91. The molecule has 0 aromatic rings. The Morgan fingerprint density at radius 3 is 1.56 bits per heavy atom. The van der Waals surface area contributed by atoms with Crippen LogP contribution in [0.15, 0.2) is 12.2 Å². The molecule has 26 nitrogen and oxygen atoms in total. The maximum absolute atomic E-state index is 15.3. The molecule has 2 aliphatic heterocycles. The van der Waals surface area contributed by atoms with Gasteiger partial charge in [0.25, 0.3) is 0 Å². The van der Waals surface area contributed by atoms with Crippen molar-refractivity contribution < 1.29 is 67.3 Å². The molecule has 0 bridgehead atoms. The SMILES string of the molecule is C/C=C/C[C@@H](C)[C@@H](O)[C@H]1C(=O)N[C@@H](CC)C(=O)N(C)[C@H](C)C(=O)N(C)[C@@H]([C@H](C)COCCN2C[C@@H](C)OC[C@H]2C)C(=O)N[C@@H](C(C)C)C(=O)N(C)[C@@H](CCC(C)C)C(=O)N[C@@H](C)C(=O)N[C@H](C)C(=O)N(C)[C@@H](CC(C)C)C(=O)N(C)[C@@H](CC(C)C)C(=O)N(C)[C@@H](C(C)C)C(=O)N1C. The lowest BCUT2D eigenvalue weighted by Crippen LogP contribution is -2.64. The minimum absolute atomic E-state index is 0.00869. The van der Waals surface area contributed by atoms with Gasteiger partial charge >= 0.3 is 0 Å². The number of carbonyl (C=O) groups is 11. The number of rotatable bonds is 20. The molecule has 2 heterocycles. The summed E-state index contributed by atoms with van der Waals surface area (Å²) in [5.41, 5.74) is 0. The van der Waals surface area contributed by atoms with Crippen LogP contribution in [0.3, 0.4) is 0 Å². The fraction of sp³-hybridized carbons (Fsp3) is 0.817. The number of amides is 11. The normalized spacial score (nSPS) is 28.8. The summed E-state index contributed by atoms with van der Waals surface area (Å²) in [7, 11) is 9.96. The predicted molar refractivity (Wildman–Crippen MR) is 375 cm³/mol. The number of ether oxygens (including phenoxy) is 2. The average Bonchev–Trinajstić information content (AvgIpc) is 0.808. The van der Waals surface area contributed by atoms with E-state index >= 15 is 33.6 Å². The van der Waals surface area contributed by atoms with Gasteiger partial charge in [-0.1, -0.05) is 102 Å². The first kappa shape index (κ1) is 86.8. The van der Waals surface area contributed by atoms with Crippen LogP contribution in [0, 0.1) is 41.4 Å². The molecule has 2 rings (SSSR count). The monoisotopic (exact) mass is 1370 g/mol. The lowest BCUT2D eigenvalue weighted by Gasteiger charge is -2.41. The highest BCUT2D eigenvalue weighted by atomic mass is 16.5. The number of allylic oxidation sites excluding steroid dienone is 2. The van der Waals surface area contributed by atoms with Gasteiger partial charge in [0.05, 0.1) is 32.0 Å². The molecule has 0 aliphatic carbocycles. The molecule has 556 valence electrons. The predicted octanol–water partition coefficient (Wildman–Crippen LogP) is 3.76. The van der Waals surface area contributed by atoms with Crippen LogP contribution in [-0.2, 0) is 62.2 Å². The number of likely N-dealkylation sites (N-methyl/N-ethyl adjacent to an activating group) is 7. The molecule has 0 aromatic carbocycles. The fourth-order valence-corrected chi connectivity index (χ4v) is 12.7. The average molecular weight is 1370 g/mol. The third kappa shape index (κ3) is 24.3. The van der Waals surface area contributed by atoms with Gasteiger partial charge in [0.15, 0.2) is 0 Å². The van der Waals surface area contributed by atoms with Crippen molar-refractivity contribution >= 4 is 65.0 Å². The summed E-state index contributed by atoms with van der Waals surface area (Å²) in [6.07, 6.45) is 3.30. The quantitative estimate of drug-likeness (QED) is 0.0857. The zero-order valence-electron chi connectivity index (χ0n) is 63.9. The highest BCUT2D eigenvalue weighted by Gasteiger charge is 2.46. The summed E-state index contributed by atoms with van der Waals surface area (Å²) in [4.78, 5) is 175. The van der Waals surface area contributed by atoms with Gasteiger partial charge in [0, 0.05) is 74.4 Å². The Labute approximate surface area is 581 Å². The van der Waals surface area contributed by atoms with Gasteiger partial charge < -0.3 is 70.1 Å². The topological polar surface area (TPSA) is 300 Å². The number of aliphatic hydroxyl groups is 1. The second kappa shape index (κ2) is 40.1. The Balaban J connectivity index is 3.04. The first-order valence-corrected chi connectivity index (χ1v) is 35.3. The van der Waals surface area contributed by atoms with Gasteiger partial charge in [-0.25, -0.2) is 0 Å². The Bertz CT molecular complexity index is 2660. The van der Waals surface area contributed by atoms with E-state index < -0.39 is 161 Å². The second-order valence-corrected chi connectivity index (χ2v) is 29.6. The van der Waals surface area contributed by atoms with Gasteiger partial charge in [-0.05, 0) is 116 Å². The lowest BCUT2D eigenvalue weighted by molar-refractivity contribution is -0.157. The van der Waals surface area contributed by atoms with Gasteiger partial charge in [-0.3, -0.25) is 57.6 Å². The molecule has 0 spiro atoms. The van der Waals surface area contributed by atoms with E-state index in [0.29, 0.717) is 32.5 Å². The maximum atomic E-state index is 15.3.